The maximum absolute atomic E-state index is 12.6. The second kappa shape index (κ2) is 4.50. The smallest absolute Gasteiger partial charge is 0.326 e. The first-order valence-electron chi connectivity index (χ1n) is 7.56. The van der Waals surface area contributed by atoms with Crippen molar-refractivity contribution in [2.75, 3.05) is 0 Å². The third-order valence-corrected chi connectivity index (χ3v) is 5.53. The van der Waals surface area contributed by atoms with Crippen molar-refractivity contribution in [3.63, 3.8) is 0 Å². The maximum Gasteiger partial charge on any atom is 0.326 e. The SMILES string of the molecule is CCC(NC(=O)C12CC3CC(CC(C3)C1)C2)C(=O)O. The van der Waals surface area contributed by atoms with Gasteiger partial charge in [-0.1, -0.05) is 6.92 Å². The third-order valence-electron chi connectivity index (χ3n) is 5.53. The standard InChI is InChI=1S/C15H23NO3/c1-2-12(13(17)18)16-14(19)15-6-9-3-10(7-15)5-11(4-9)8-15/h9-12H,2-8H2,1H3,(H,16,19)(H,17,18). The minimum absolute atomic E-state index is 0.0147. The van der Waals surface area contributed by atoms with Gasteiger partial charge in [-0.15, -0.1) is 0 Å². The molecular weight excluding hydrogens is 242 g/mol. The molecule has 0 aromatic rings. The van der Waals surface area contributed by atoms with Gasteiger partial charge in [0.1, 0.15) is 6.04 Å². The summed E-state index contributed by atoms with van der Waals surface area (Å²) in [5, 5.41) is 11.9. The Morgan fingerprint density at radius 3 is 2.00 bits per heavy atom. The van der Waals surface area contributed by atoms with E-state index in [4.69, 9.17) is 5.11 Å². The normalized spacial score (nSPS) is 41.0. The minimum atomic E-state index is -0.916. The molecule has 19 heavy (non-hydrogen) atoms. The molecule has 0 radical (unpaired) electrons. The summed E-state index contributed by atoms with van der Waals surface area (Å²) in [5.41, 5.74) is -0.238. The van der Waals surface area contributed by atoms with Crippen molar-refractivity contribution in [3.05, 3.63) is 0 Å². The van der Waals surface area contributed by atoms with Crippen LogP contribution < -0.4 is 5.32 Å². The van der Waals surface area contributed by atoms with Crippen molar-refractivity contribution in [2.45, 2.75) is 57.9 Å². The summed E-state index contributed by atoms with van der Waals surface area (Å²) in [6.45, 7) is 1.80. The van der Waals surface area contributed by atoms with E-state index in [1.165, 1.54) is 19.3 Å². The van der Waals surface area contributed by atoms with Gasteiger partial charge in [0.05, 0.1) is 0 Å². The number of rotatable bonds is 4. The van der Waals surface area contributed by atoms with Gasteiger partial charge in [-0.25, -0.2) is 4.79 Å². The molecule has 4 aliphatic rings. The summed E-state index contributed by atoms with van der Waals surface area (Å²) < 4.78 is 0. The zero-order valence-electron chi connectivity index (χ0n) is 11.5. The van der Waals surface area contributed by atoms with E-state index in [0.717, 1.165) is 19.3 Å². The van der Waals surface area contributed by atoms with Crippen molar-refractivity contribution in [2.24, 2.45) is 23.2 Å². The number of carboxylic acid groups (broad SMARTS) is 1. The number of carboxylic acids is 1. The lowest BCUT2D eigenvalue weighted by atomic mass is 9.49. The Bertz CT molecular complexity index is 369. The van der Waals surface area contributed by atoms with Gasteiger partial charge in [-0.05, 0) is 62.7 Å². The molecule has 4 heteroatoms. The van der Waals surface area contributed by atoms with E-state index in [-0.39, 0.29) is 11.3 Å². The second-order valence-corrected chi connectivity index (χ2v) is 6.97. The summed E-state index contributed by atoms with van der Waals surface area (Å²) in [6, 6.07) is -0.722. The van der Waals surface area contributed by atoms with E-state index in [0.29, 0.717) is 24.2 Å². The van der Waals surface area contributed by atoms with E-state index < -0.39 is 12.0 Å². The zero-order chi connectivity index (χ0) is 13.6. The molecule has 4 aliphatic carbocycles. The highest BCUT2D eigenvalue weighted by atomic mass is 16.4. The Morgan fingerprint density at radius 1 is 1.16 bits per heavy atom. The fourth-order valence-electron chi connectivity index (χ4n) is 5.04. The van der Waals surface area contributed by atoms with Crippen LogP contribution in [0.3, 0.4) is 0 Å². The Labute approximate surface area is 113 Å². The van der Waals surface area contributed by atoms with E-state index in [1.807, 2.05) is 0 Å². The fourth-order valence-corrected chi connectivity index (χ4v) is 5.04. The van der Waals surface area contributed by atoms with Crippen molar-refractivity contribution < 1.29 is 14.7 Å². The van der Waals surface area contributed by atoms with Gasteiger partial charge in [-0.2, -0.15) is 0 Å². The predicted octanol–water partition coefficient (Wildman–Crippen LogP) is 2.18. The molecule has 4 rings (SSSR count). The van der Waals surface area contributed by atoms with Crippen LogP contribution in [0.4, 0.5) is 0 Å². The summed E-state index contributed by atoms with van der Waals surface area (Å²) in [7, 11) is 0. The van der Waals surface area contributed by atoms with Crippen LogP contribution in [0.2, 0.25) is 0 Å². The number of hydrogen-bond acceptors (Lipinski definition) is 2. The summed E-state index contributed by atoms with van der Waals surface area (Å²) in [5.74, 6) is 1.23. The first kappa shape index (κ1) is 12.9. The molecule has 1 amide bonds. The van der Waals surface area contributed by atoms with Crippen molar-refractivity contribution >= 4 is 11.9 Å². The van der Waals surface area contributed by atoms with E-state index in [9.17, 15) is 9.59 Å². The van der Waals surface area contributed by atoms with Crippen molar-refractivity contribution in [1.82, 2.24) is 5.32 Å². The van der Waals surface area contributed by atoms with Gasteiger partial charge < -0.3 is 10.4 Å². The second-order valence-electron chi connectivity index (χ2n) is 6.97. The van der Waals surface area contributed by atoms with Crippen LogP contribution in [0.15, 0.2) is 0 Å². The van der Waals surface area contributed by atoms with E-state index in [1.54, 1.807) is 6.92 Å². The number of amides is 1. The Hall–Kier alpha value is -1.06. The molecule has 2 N–H and O–H groups in total. The summed E-state index contributed by atoms with van der Waals surface area (Å²) >= 11 is 0. The molecule has 4 bridgehead atoms. The van der Waals surface area contributed by atoms with Crippen molar-refractivity contribution in [1.29, 1.82) is 0 Å². The van der Waals surface area contributed by atoms with E-state index >= 15 is 0 Å². The number of nitrogens with one attached hydrogen (secondary N) is 1. The lowest BCUT2D eigenvalue weighted by Crippen LogP contribution is -2.56. The molecule has 1 atom stereocenters. The lowest BCUT2D eigenvalue weighted by Gasteiger charge is -2.55. The monoisotopic (exact) mass is 265 g/mol. The van der Waals surface area contributed by atoms with Gasteiger partial charge in [0.25, 0.3) is 0 Å². The molecule has 0 spiro atoms. The molecule has 0 aromatic carbocycles. The van der Waals surface area contributed by atoms with Gasteiger partial charge in [0, 0.05) is 5.41 Å². The number of carbonyl (C=O) groups is 2. The van der Waals surface area contributed by atoms with Gasteiger partial charge in [0.2, 0.25) is 5.91 Å². The number of hydrogen-bond donors (Lipinski definition) is 2. The van der Waals surface area contributed by atoms with Gasteiger partial charge in [0.15, 0.2) is 0 Å². The zero-order valence-corrected chi connectivity index (χ0v) is 11.5. The molecular formula is C15H23NO3. The number of aliphatic carboxylic acids is 1. The molecule has 0 heterocycles. The van der Waals surface area contributed by atoms with Crippen LogP contribution in [-0.2, 0) is 9.59 Å². The highest BCUT2D eigenvalue weighted by molar-refractivity contribution is 5.87. The number of carbonyl (C=O) groups excluding carboxylic acids is 1. The Balaban J connectivity index is 1.74. The average molecular weight is 265 g/mol. The minimum Gasteiger partial charge on any atom is -0.480 e. The largest absolute Gasteiger partial charge is 0.480 e. The van der Waals surface area contributed by atoms with Gasteiger partial charge >= 0.3 is 5.97 Å². The summed E-state index contributed by atoms with van der Waals surface area (Å²) in [4.78, 5) is 23.7. The lowest BCUT2D eigenvalue weighted by molar-refractivity contribution is -0.151. The average Bonchev–Trinajstić information content (AvgIpc) is 2.33. The fraction of sp³-hybridized carbons (Fsp3) is 0.867. The molecule has 1 unspecified atom stereocenters. The highest BCUT2D eigenvalue weighted by Crippen LogP contribution is 2.60. The van der Waals surface area contributed by atoms with Crippen LogP contribution in [0.1, 0.15) is 51.9 Å². The molecule has 4 saturated carbocycles. The van der Waals surface area contributed by atoms with Crippen LogP contribution in [0.25, 0.3) is 0 Å². The molecule has 0 aromatic heterocycles. The van der Waals surface area contributed by atoms with Crippen molar-refractivity contribution in [3.8, 4) is 0 Å². The topological polar surface area (TPSA) is 66.4 Å². The Kier molecular flexibility index (Phi) is 3.06. The van der Waals surface area contributed by atoms with Crippen LogP contribution >= 0.6 is 0 Å². The van der Waals surface area contributed by atoms with Gasteiger partial charge in [-0.3, -0.25) is 4.79 Å². The maximum atomic E-state index is 12.6. The summed E-state index contributed by atoms with van der Waals surface area (Å²) in [6.07, 6.45) is 7.30. The first-order valence-corrected chi connectivity index (χ1v) is 7.56. The quantitative estimate of drug-likeness (QED) is 0.818. The van der Waals surface area contributed by atoms with Crippen LogP contribution in [0, 0.1) is 23.2 Å². The Morgan fingerprint density at radius 2 is 1.63 bits per heavy atom. The molecule has 106 valence electrons. The molecule has 0 saturated heterocycles. The molecule has 0 aliphatic heterocycles. The first-order chi connectivity index (χ1) is 9.02. The van der Waals surface area contributed by atoms with E-state index in [2.05, 4.69) is 5.32 Å². The predicted molar refractivity (Wildman–Crippen MR) is 70.5 cm³/mol. The molecule has 4 fully saturated rings. The molecule has 4 nitrogen and oxygen atoms in total. The van der Waals surface area contributed by atoms with Crippen LogP contribution in [-0.4, -0.2) is 23.0 Å². The highest BCUT2D eigenvalue weighted by Gasteiger charge is 2.54. The third kappa shape index (κ3) is 2.15. The van der Waals surface area contributed by atoms with Crippen LogP contribution in [0.5, 0.6) is 0 Å².